The topological polar surface area (TPSA) is 54.5 Å². The highest BCUT2D eigenvalue weighted by atomic mass is 19.3. The molecular weight excluding hydrogens is 214 g/mol. The molecule has 1 aromatic carbocycles. The molecule has 0 fully saturated rings. The van der Waals surface area contributed by atoms with Crippen molar-refractivity contribution in [2.24, 2.45) is 0 Å². The van der Waals surface area contributed by atoms with Crippen LogP contribution in [0.3, 0.4) is 0 Å². The van der Waals surface area contributed by atoms with Crippen molar-refractivity contribution in [3.8, 4) is 11.8 Å². The summed E-state index contributed by atoms with van der Waals surface area (Å²) in [5.41, 5.74) is 0.709. The van der Waals surface area contributed by atoms with Crippen LogP contribution in [-0.2, 0) is 0 Å². The number of alkyl halides is 2. The van der Waals surface area contributed by atoms with Gasteiger partial charge in [-0.3, -0.25) is 0 Å². The van der Waals surface area contributed by atoms with Gasteiger partial charge >= 0.3 is 0 Å². The first kappa shape index (κ1) is 10.2. The van der Waals surface area contributed by atoms with Gasteiger partial charge in [-0.1, -0.05) is 17.3 Å². The van der Waals surface area contributed by atoms with Gasteiger partial charge in [-0.15, -0.1) is 5.10 Å². The summed E-state index contributed by atoms with van der Waals surface area (Å²) < 4.78 is 25.9. The highest BCUT2D eigenvalue weighted by Gasteiger charge is 2.07. The first-order valence-corrected chi connectivity index (χ1v) is 4.41. The molecule has 2 aromatic rings. The first-order valence-electron chi connectivity index (χ1n) is 4.41. The van der Waals surface area contributed by atoms with Gasteiger partial charge in [-0.05, 0) is 12.1 Å². The Morgan fingerprint density at radius 1 is 1.25 bits per heavy atom. The molecule has 0 radical (unpaired) electrons. The lowest BCUT2D eigenvalue weighted by Gasteiger charge is -2.02. The number of halogens is 2. The third-order valence-corrected chi connectivity index (χ3v) is 2.02. The van der Waals surface area contributed by atoms with Gasteiger partial charge in [0.25, 0.3) is 6.43 Å². The van der Waals surface area contributed by atoms with Crippen LogP contribution in [0.5, 0.6) is 0 Å². The Labute approximate surface area is 89.7 Å². The van der Waals surface area contributed by atoms with Gasteiger partial charge in [-0.2, -0.15) is 5.26 Å². The molecule has 0 N–H and O–H groups in total. The molecule has 0 aliphatic rings. The number of benzene rings is 1. The van der Waals surface area contributed by atoms with Crippen LogP contribution in [0, 0.1) is 11.3 Å². The Morgan fingerprint density at radius 2 is 1.94 bits per heavy atom. The molecule has 16 heavy (non-hydrogen) atoms. The van der Waals surface area contributed by atoms with E-state index in [-0.39, 0.29) is 11.3 Å². The fourth-order valence-corrected chi connectivity index (χ4v) is 1.21. The van der Waals surface area contributed by atoms with Crippen LogP contribution < -0.4 is 0 Å². The lowest BCUT2D eigenvalue weighted by molar-refractivity contribution is 0.151. The van der Waals surface area contributed by atoms with Crippen LogP contribution in [0.4, 0.5) is 8.78 Å². The molecule has 1 aromatic heterocycles. The van der Waals surface area contributed by atoms with E-state index in [0.29, 0.717) is 5.69 Å². The van der Waals surface area contributed by atoms with Gasteiger partial charge in [-0.25, -0.2) is 13.5 Å². The van der Waals surface area contributed by atoms with E-state index in [0.717, 1.165) is 0 Å². The number of rotatable bonds is 2. The molecule has 2 rings (SSSR count). The third kappa shape index (κ3) is 1.88. The molecule has 0 aliphatic carbocycles. The number of hydrogen-bond donors (Lipinski definition) is 0. The number of aromatic nitrogens is 3. The van der Waals surface area contributed by atoms with E-state index in [1.54, 1.807) is 0 Å². The van der Waals surface area contributed by atoms with Gasteiger partial charge in [0, 0.05) is 5.56 Å². The van der Waals surface area contributed by atoms with E-state index >= 15 is 0 Å². The lowest BCUT2D eigenvalue weighted by Crippen LogP contribution is -1.95. The van der Waals surface area contributed by atoms with Crippen LogP contribution in [0.1, 0.15) is 17.7 Å². The van der Waals surface area contributed by atoms with Crippen LogP contribution in [-0.4, -0.2) is 15.0 Å². The maximum atomic E-state index is 12.3. The normalized spacial score (nSPS) is 10.4. The maximum Gasteiger partial charge on any atom is 0.263 e. The quantitative estimate of drug-likeness (QED) is 0.778. The molecule has 0 spiro atoms. The molecule has 4 nitrogen and oxygen atoms in total. The minimum Gasteiger partial charge on any atom is -0.219 e. The SMILES string of the molecule is N#Cc1cn(-c2ccc(C(F)F)cc2)nn1. The number of hydrogen-bond acceptors (Lipinski definition) is 3. The fourth-order valence-electron chi connectivity index (χ4n) is 1.21. The zero-order chi connectivity index (χ0) is 11.5. The van der Waals surface area contributed by atoms with Crippen molar-refractivity contribution in [2.45, 2.75) is 6.43 Å². The minimum absolute atomic E-state index is 0.0515. The van der Waals surface area contributed by atoms with Crippen molar-refractivity contribution < 1.29 is 8.78 Å². The lowest BCUT2D eigenvalue weighted by atomic mass is 10.2. The minimum atomic E-state index is -2.49. The Hall–Kier alpha value is -2.29. The van der Waals surface area contributed by atoms with Crippen LogP contribution >= 0.6 is 0 Å². The summed E-state index contributed by atoms with van der Waals surface area (Å²) in [5, 5.41) is 15.8. The summed E-state index contributed by atoms with van der Waals surface area (Å²) in [6.45, 7) is 0. The van der Waals surface area contributed by atoms with Crippen molar-refractivity contribution >= 4 is 0 Å². The maximum absolute atomic E-state index is 12.3. The van der Waals surface area contributed by atoms with Crippen molar-refractivity contribution in [1.29, 1.82) is 5.26 Å². The first-order chi connectivity index (χ1) is 7.70. The zero-order valence-corrected chi connectivity index (χ0v) is 8.01. The monoisotopic (exact) mass is 220 g/mol. The highest BCUT2D eigenvalue weighted by molar-refractivity contribution is 5.35. The molecule has 80 valence electrons. The summed E-state index contributed by atoms with van der Waals surface area (Å²) in [6.07, 6.45) is -1.06. The number of nitriles is 1. The largest absolute Gasteiger partial charge is 0.263 e. The number of nitrogens with zero attached hydrogens (tertiary/aromatic N) is 4. The molecule has 0 bridgehead atoms. The molecule has 0 unspecified atom stereocenters. The molecule has 0 atom stereocenters. The summed E-state index contributed by atoms with van der Waals surface area (Å²) in [7, 11) is 0. The molecular formula is C10H6F2N4. The van der Waals surface area contributed by atoms with E-state index in [2.05, 4.69) is 10.3 Å². The average Bonchev–Trinajstić information content (AvgIpc) is 2.77. The van der Waals surface area contributed by atoms with Gasteiger partial charge in [0.2, 0.25) is 0 Å². The van der Waals surface area contributed by atoms with Crippen molar-refractivity contribution in [1.82, 2.24) is 15.0 Å². The van der Waals surface area contributed by atoms with E-state index in [1.165, 1.54) is 35.1 Å². The molecule has 1 heterocycles. The van der Waals surface area contributed by atoms with Gasteiger partial charge in [0.15, 0.2) is 5.69 Å². The Bertz CT molecular complexity index is 524. The Morgan fingerprint density at radius 3 is 2.44 bits per heavy atom. The summed E-state index contributed by atoms with van der Waals surface area (Å²) in [6, 6.07) is 7.45. The molecule has 0 amide bonds. The summed E-state index contributed by atoms with van der Waals surface area (Å²) in [4.78, 5) is 0. The fraction of sp³-hybridized carbons (Fsp3) is 0.100. The van der Waals surface area contributed by atoms with Gasteiger partial charge < -0.3 is 0 Å². The molecule has 0 saturated carbocycles. The average molecular weight is 220 g/mol. The van der Waals surface area contributed by atoms with Gasteiger partial charge in [0.05, 0.1) is 11.9 Å². The summed E-state index contributed by atoms with van der Waals surface area (Å²) in [5.74, 6) is 0. The Kier molecular flexibility index (Phi) is 2.60. The third-order valence-electron chi connectivity index (χ3n) is 2.02. The zero-order valence-electron chi connectivity index (χ0n) is 8.01. The second-order valence-electron chi connectivity index (χ2n) is 3.05. The molecule has 0 aliphatic heterocycles. The molecule has 0 saturated heterocycles. The van der Waals surface area contributed by atoms with Crippen LogP contribution in [0.15, 0.2) is 30.5 Å². The molecule has 6 heteroatoms. The van der Waals surface area contributed by atoms with Crippen molar-refractivity contribution in [3.05, 3.63) is 41.7 Å². The summed E-state index contributed by atoms with van der Waals surface area (Å²) >= 11 is 0. The smallest absolute Gasteiger partial charge is 0.219 e. The predicted octanol–water partition coefficient (Wildman–Crippen LogP) is 2.08. The van der Waals surface area contributed by atoms with Crippen LogP contribution in [0.2, 0.25) is 0 Å². The van der Waals surface area contributed by atoms with E-state index in [9.17, 15) is 8.78 Å². The highest BCUT2D eigenvalue weighted by Crippen LogP contribution is 2.19. The van der Waals surface area contributed by atoms with Crippen LogP contribution in [0.25, 0.3) is 5.69 Å². The second-order valence-corrected chi connectivity index (χ2v) is 3.05. The predicted molar refractivity (Wildman–Crippen MR) is 51.0 cm³/mol. The second kappa shape index (κ2) is 4.06. The van der Waals surface area contributed by atoms with E-state index < -0.39 is 6.43 Å². The van der Waals surface area contributed by atoms with E-state index in [4.69, 9.17) is 5.26 Å². The van der Waals surface area contributed by atoms with Gasteiger partial charge in [0.1, 0.15) is 6.07 Å². The van der Waals surface area contributed by atoms with Crippen molar-refractivity contribution in [2.75, 3.05) is 0 Å². The van der Waals surface area contributed by atoms with E-state index in [1.807, 2.05) is 6.07 Å². The Balaban J connectivity index is 2.31. The standard InChI is InChI=1S/C10H6F2N4/c11-10(12)7-1-3-9(4-2-7)16-6-8(5-13)14-15-16/h1-4,6,10H. The van der Waals surface area contributed by atoms with Crippen molar-refractivity contribution in [3.63, 3.8) is 0 Å².